The van der Waals surface area contributed by atoms with Crippen LogP contribution in [-0.4, -0.2) is 37.3 Å². The summed E-state index contributed by atoms with van der Waals surface area (Å²) in [6.45, 7) is 0. The first-order chi connectivity index (χ1) is 15.2. The van der Waals surface area contributed by atoms with Crippen LogP contribution in [0.1, 0.15) is 28.9 Å². The Labute approximate surface area is 195 Å². The second kappa shape index (κ2) is 9.34. The van der Waals surface area contributed by atoms with Gasteiger partial charge in [-0.05, 0) is 0 Å². The van der Waals surface area contributed by atoms with Crippen LogP contribution in [0.5, 0.6) is 5.75 Å². The monoisotopic (exact) mass is 580 g/mol. The number of amides is 1. The Kier molecular flexibility index (Phi) is 6.70. The van der Waals surface area contributed by atoms with E-state index in [0.29, 0.717) is 22.2 Å². The van der Waals surface area contributed by atoms with Crippen LogP contribution < -0.4 is 13.6 Å². The molecule has 11 heteroatoms. The summed E-state index contributed by atoms with van der Waals surface area (Å²) in [6.07, 6.45) is -1.92. The number of benzene rings is 1. The Morgan fingerprint density at radius 2 is 1.88 bits per heavy atom. The van der Waals surface area contributed by atoms with Crippen molar-refractivity contribution >= 4 is 49.1 Å². The third-order valence-corrected chi connectivity index (χ3v) is 10.6. The van der Waals surface area contributed by atoms with Crippen molar-refractivity contribution in [3.8, 4) is 5.75 Å². The molecule has 1 saturated heterocycles. The standard InChI is InChI=1S/C21H21ClF3IN4O2/c1-32-15-4-2-13(3-5-15)20(31)27-14-8-10-26(11-9-14)29-19-16(22)6-7-18-28-17(12-30(18)19)21(23,24)25/h2-7,12,14,29H,8-11H2,1H3,(H,27,31). The van der Waals surface area contributed by atoms with Crippen LogP contribution in [0.4, 0.5) is 19.0 Å². The van der Waals surface area contributed by atoms with Gasteiger partial charge in [0.15, 0.2) is 0 Å². The van der Waals surface area contributed by atoms with Crippen molar-refractivity contribution in [2.75, 3.05) is 19.5 Å². The molecule has 6 nitrogen and oxygen atoms in total. The number of halogens is 5. The average Bonchev–Trinajstić information content (AvgIpc) is 3.22. The van der Waals surface area contributed by atoms with Crippen LogP contribution in [0.3, 0.4) is 0 Å². The van der Waals surface area contributed by atoms with E-state index >= 15 is 0 Å². The van der Waals surface area contributed by atoms with Gasteiger partial charge >= 0.3 is 196 Å². The summed E-state index contributed by atoms with van der Waals surface area (Å²) in [4.78, 5) is 16.1. The number of alkyl halides is 5. The molecule has 0 atom stereocenters. The molecule has 2 aromatic heterocycles. The van der Waals surface area contributed by atoms with Gasteiger partial charge in [0.25, 0.3) is 0 Å². The van der Waals surface area contributed by atoms with E-state index in [1.54, 1.807) is 37.4 Å². The molecule has 4 rings (SSSR count). The predicted molar refractivity (Wildman–Crippen MR) is 126 cm³/mol. The maximum atomic E-state index is 13.1. The van der Waals surface area contributed by atoms with Gasteiger partial charge in [-0.3, -0.25) is 0 Å². The number of fused-ring (bicyclic) bond motifs is 1. The number of hydrogen-bond donors (Lipinski definition) is 2. The zero-order valence-corrected chi connectivity index (χ0v) is 20.0. The van der Waals surface area contributed by atoms with Crippen molar-refractivity contribution in [1.29, 1.82) is 0 Å². The topological polar surface area (TPSA) is 67.7 Å². The number of anilines is 1. The third kappa shape index (κ3) is 5.06. The zero-order chi connectivity index (χ0) is 22.9. The van der Waals surface area contributed by atoms with E-state index in [0.717, 1.165) is 27.9 Å². The van der Waals surface area contributed by atoms with Gasteiger partial charge in [-0.15, -0.1) is 0 Å². The summed E-state index contributed by atoms with van der Waals surface area (Å²) < 4.78 is 50.9. The van der Waals surface area contributed by atoms with Gasteiger partial charge in [0, 0.05) is 0 Å². The first-order valence-electron chi connectivity index (χ1n) is 9.82. The van der Waals surface area contributed by atoms with Gasteiger partial charge in [-0.2, -0.15) is 0 Å². The fourth-order valence-corrected chi connectivity index (χ4v) is 9.12. The fourth-order valence-electron chi connectivity index (χ4n) is 3.40. The number of nitrogens with zero attached hydrogens (tertiary/aromatic N) is 2. The summed E-state index contributed by atoms with van der Waals surface area (Å²) in [5.41, 5.74) is -0.179. The summed E-state index contributed by atoms with van der Waals surface area (Å²) >= 11 is 4.58. The molecule has 1 aromatic carbocycles. The Hall–Kier alpha value is -2.21. The molecule has 3 heterocycles. The van der Waals surface area contributed by atoms with Crippen molar-refractivity contribution in [3.05, 3.63) is 58.9 Å². The number of pyridine rings is 1. The number of ether oxygens (including phenoxy) is 1. The fraction of sp³-hybridized carbons (Fsp3) is 0.333. The van der Waals surface area contributed by atoms with Crippen molar-refractivity contribution in [2.24, 2.45) is 0 Å². The molecular formula is C21H21ClF3IN4O2. The van der Waals surface area contributed by atoms with Gasteiger partial charge in [-0.25, -0.2) is 0 Å². The van der Waals surface area contributed by atoms with E-state index in [2.05, 4.69) is 13.8 Å². The van der Waals surface area contributed by atoms with E-state index in [1.807, 2.05) is 0 Å². The number of imidazole rings is 1. The van der Waals surface area contributed by atoms with Gasteiger partial charge in [0.2, 0.25) is 0 Å². The molecule has 0 aliphatic carbocycles. The molecule has 0 saturated carbocycles. The summed E-state index contributed by atoms with van der Waals surface area (Å²) in [5, 5.41) is 3.43. The number of carbonyl (C=O) groups excluding carboxylic acids is 1. The van der Waals surface area contributed by atoms with Crippen LogP contribution in [0.2, 0.25) is 5.02 Å². The van der Waals surface area contributed by atoms with Crippen LogP contribution in [0, 0.1) is 0 Å². The first kappa shape index (κ1) is 23.0. The average molecular weight is 581 g/mol. The van der Waals surface area contributed by atoms with Gasteiger partial charge in [0.1, 0.15) is 0 Å². The molecule has 1 amide bonds. The SMILES string of the molecule is COc1ccc(C(=O)NC2CCI(Nc3c(Cl)ccc4nc(C(F)(F)F)cn34)CC2)cc1. The van der Waals surface area contributed by atoms with E-state index in [1.165, 1.54) is 10.5 Å². The molecule has 0 radical (unpaired) electrons. The normalized spacial score (nSPS) is 16.2. The third-order valence-electron chi connectivity index (χ3n) is 5.15. The minimum atomic E-state index is -4.52. The zero-order valence-electron chi connectivity index (χ0n) is 17.0. The molecule has 0 spiro atoms. The first-order valence-corrected chi connectivity index (χ1v) is 14.3. The number of methoxy groups -OCH3 is 1. The van der Waals surface area contributed by atoms with Crippen molar-refractivity contribution in [2.45, 2.75) is 25.1 Å². The van der Waals surface area contributed by atoms with Crippen LogP contribution in [0.15, 0.2) is 42.6 Å². The second-order valence-electron chi connectivity index (χ2n) is 7.29. The van der Waals surface area contributed by atoms with Gasteiger partial charge in [-0.1, -0.05) is 0 Å². The Morgan fingerprint density at radius 1 is 1.19 bits per heavy atom. The molecule has 3 aromatic rings. The van der Waals surface area contributed by atoms with Crippen molar-refractivity contribution in [3.63, 3.8) is 0 Å². The van der Waals surface area contributed by atoms with E-state index in [-0.39, 0.29) is 17.6 Å². The van der Waals surface area contributed by atoms with Crippen LogP contribution in [0.25, 0.3) is 5.65 Å². The summed E-state index contributed by atoms with van der Waals surface area (Å²) in [6, 6.07) is 10.0. The molecule has 1 aliphatic heterocycles. The molecule has 1 aliphatic rings. The minimum absolute atomic E-state index is 0.0660. The van der Waals surface area contributed by atoms with Crippen molar-refractivity contribution in [1.82, 2.24) is 14.7 Å². The van der Waals surface area contributed by atoms with E-state index < -0.39 is 32.0 Å². The molecule has 1 fully saturated rings. The molecular weight excluding hydrogens is 560 g/mol. The maximum absolute atomic E-state index is 13.1. The molecule has 32 heavy (non-hydrogen) atoms. The van der Waals surface area contributed by atoms with E-state index in [9.17, 15) is 18.0 Å². The molecule has 0 unspecified atom stereocenters. The molecule has 172 valence electrons. The van der Waals surface area contributed by atoms with Gasteiger partial charge < -0.3 is 0 Å². The van der Waals surface area contributed by atoms with Crippen LogP contribution in [-0.2, 0) is 6.18 Å². The van der Waals surface area contributed by atoms with E-state index in [4.69, 9.17) is 16.3 Å². The summed E-state index contributed by atoms with van der Waals surface area (Å²) in [7, 11) is 1.57. The summed E-state index contributed by atoms with van der Waals surface area (Å²) in [5.74, 6) is 1.02. The quantitative estimate of drug-likeness (QED) is 0.240. The Morgan fingerprint density at radius 3 is 2.50 bits per heavy atom. The Bertz CT molecular complexity index is 1110. The second-order valence-corrected chi connectivity index (χ2v) is 13.0. The Balaban J connectivity index is 1.38. The number of rotatable bonds is 5. The van der Waals surface area contributed by atoms with Crippen molar-refractivity contribution < 1.29 is 22.7 Å². The number of aromatic nitrogens is 2. The molecule has 0 bridgehead atoms. The number of nitrogens with one attached hydrogen (secondary N) is 2. The van der Waals surface area contributed by atoms with Gasteiger partial charge in [0.05, 0.1) is 0 Å². The number of hydrogen-bond acceptors (Lipinski definition) is 4. The number of carbonyl (C=O) groups is 1. The molecule has 2 N–H and O–H groups in total. The van der Waals surface area contributed by atoms with Crippen LogP contribution >= 0.6 is 31.7 Å². The predicted octanol–water partition coefficient (Wildman–Crippen LogP) is 5.44.